The second-order valence-corrected chi connectivity index (χ2v) is 6.82. The summed E-state index contributed by atoms with van der Waals surface area (Å²) >= 11 is 2.12. The van der Waals surface area contributed by atoms with Crippen LogP contribution >= 0.6 is 35.7 Å². The van der Waals surface area contributed by atoms with Crippen LogP contribution in [0.4, 0.5) is 0 Å². The maximum Gasteiger partial charge on any atom is 0.193 e. The number of thioether (sulfide) groups is 1. The summed E-state index contributed by atoms with van der Waals surface area (Å²) in [7, 11) is 1.90. The molecule has 1 atom stereocenters. The average Bonchev–Trinajstić information content (AvgIpc) is 3.14. The molecular weight excluding hydrogens is 357 g/mol. The predicted octanol–water partition coefficient (Wildman–Crippen LogP) is 2.66. The highest BCUT2D eigenvalue weighted by Crippen LogP contribution is 2.28. The third-order valence-corrected chi connectivity index (χ3v) is 5.13. The topological polar surface area (TPSA) is 27.6 Å². The number of halogens is 1. The molecule has 2 rings (SSSR count). The molecule has 0 aromatic rings. The van der Waals surface area contributed by atoms with Crippen molar-refractivity contribution in [3.05, 3.63) is 0 Å². The molecule has 5 heteroatoms. The zero-order chi connectivity index (χ0) is 12.3. The lowest BCUT2D eigenvalue weighted by Gasteiger charge is -2.36. The lowest BCUT2D eigenvalue weighted by molar-refractivity contribution is 0.380. The molecule has 0 radical (unpaired) electrons. The molecule has 0 spiro atoms. The summed E-state index contributed by atoms with van der Waals surface area (Å²) in [5.74, 6) is 4.01. The number of guanidine groups is 1. The molecule has 1 saturated carbocycles. The maximum absolute atomic E-state index is 4.43. The van der Waals surface area contributed by atoms with Gasteiger partial charge in [0.1, 0.15) is 0 Å². The monoisotopic (exact) mass is 383 g/mol. The van der Waals surface area contributed by atoms with Crippen molar-refractivity contribution in [2.75, 3.05) is 32.4 Å². The Morgan fingerprint density at radius 3 is 2.72 bits per heavy atom. The first-order chi connectivity index (χ1) is 8.20. The highest BCUT2D eigenvalue weighted by atomic mass is 127. The van der Waals surface area contributed by atoms with E-state index in [0.717, 1.165) is 42.7 Å². The predicted molar refractivity (Wildman–Crippen MR) is 92.2 cm³/mol. The Balaban J connectivity index is 0.00000162. The summed E-state index contributed by atoms with van der Waals surface area (Å²) in [6.45, 7) is 8.04. The van der Waals surface area contributed by atoms with Crippen LogP contribution in [0.15, 0.2) is 4.99 Å². The minimum atomic E-state index is 0. The summed E-state index contributed by atoms with van der Waals surface area (Å²) < 4.78 is 0. The molecule has 2 fully saturated rings. The van der Waals surface area contributed by atoms with Crippen LogP contribution in [-0.2, 0) is 0 Å². The van der Waals surface area contributed by atoms with Crippen LogP contribution in [0.25, 0.3) is 0 Å². The van der Waals surface area contributed by atoms with Crippen LogP contribution in [0.2, 0.25) is 0 Å². The van der Waals surface area contributed by atoms with E-state index in [4.69, 9.17) is 0 Å². The molecule has 2 aliphatic rings. The quantitative estimate of drug-likeness (QED) is 0.461. The Kier molecular flexibility index (Phi) is 7.13. The fourth-order valence-corrected chi connectivity index (χ4v) is 3.46. The molecule has 18 heavy (non-hydrogen) atoms. The van der Waals surface area contributed by atoms with E-state index in [9.17, 15) is 0 Å². The molecule has 0 aromatic heterocycles. The standard InChI is InChI=1S/C13H25N3S.HI/c1-10(2)12-9-16(6-7-17-12)13(14-3)15-8-11-4-5-11;/h10-12H,4-9H2,1-3H3,(H,14,15);1H. The molecule has 106 valence electrons. The number of rotatable bonds is 3. The van der Waals surface area contributed by atoms with Gasteiger partial charge in [-0.3, -0.25) is 4.99 Å². The largest absolute Gasteiger partial charge is 0.356 e. The van der Waals surface area contributed by atoms with Gasteiger partial charge in [-0.25, -0.2) is 0 Å². The highest BCUT2D eigenvalue weighted by molar-refractivity contribution is 14.0. The van der Waals surface area contributed by atoms with Crippen LogP contribution in [-0.4, -0.2) is 48.5 Å². The normalized spacial score (nSPS) is 25.0. The van der Waals surface area contributed by atoms with Crippen LogP contribution in [0.3, 0.4) is 0 Å². The van der Waals surface area contributed by atoms with E-state index in [1.165, 1.54) is 18.6 Å². The molecule has 0 aromatic carbocycles. The minimum absolute atomic E-state index is 0. The van der Waals surface area contributed by atoms with E-state index < -0.39 is 0 Å². The molecule has 1 unspecified atom stereocenters. The SMILES string of the molecule is CN=C(NCC1CC1)N1CCSC(C(C)C)C1.I. The lowest BCUT2D eigenvalue weighted by atomic mass is 10.1. The molecule has 1 aliphatic carbocycles. The van der Waals surface area contributed by atoms with Crippen molar-refractivity contribution in [2.45, 2.75) is 31.9 Å². The number of nitrogens with one attached hydrogen (secondary N) is 1. The summed E-state index contributed by atoms with van der Waals surface area (Å²) in [5, 5.41) is 4.28. The Morgan fingerprint density at radius 2 is 2.17 bits per heavy atom. The van der Waals surface area contributed by atoms with E-state index in [1.54, 1.807) is 0 Å². The Morgan fingerprint density at radius 1 is 1.44 bits per heavy atom. The molecule has 1 N–H and O–H groups in total. The molecule has 0 amide bonds. The van der Waals surface area contributed by atoms with Gasteiger partial charge in [0.2, 0.25) is 0 Å². The summed E-state index contributed by atoms with van der Waals surface area (Å²) in [6.07, 6.45) is 2.79. The van der Waals surface area contributed by atoms with Gasteiger partial charge in [-0.15, -0.1) is 24.0 Å². The van der Waals surface area contributed by atoms with E-state index in [2.05, 4.69) is 40.8 Å². The van der Waals surface area contributed by atoms with E-state index >= 15 is 0 Å². The van der Waals surface area contributed by atoms with Gasteiger partial charge in [0.25, 0.3) is 0 Å². The lowest BCUT2D eigenvalue weighted by Crippen LogP contribution is -2.49. The van der Waals surface area contributed by atoms with Crippen molar-refractivity contribution in [2.24, 2.45) is 16.8 Å². The van der Waals surface area contributed by atoms with Crippen molar-refractivity contribution >= 4 is 41.7 Å². The van der Waals surface area contributed by atoms with Gasteiger partial charge in [0, 0.05) is 37.7 Å². The zero-order valence-electron chi connectivity index (χ0n) is 11.7. The molecule has 3 nitrogen and oxygen atoms in total. The van der Waals surface area contributed by atoms with Crippen molar-refractivity contribution in [3.8, 4) is 0 Å². The van der Waals surface area contributed by atoms with Crippen LogP contribution in [0.1, 0.15) is 26.7 Å². The van der Waals surface area contributed by atoms with Gasteiger partial charge in [-0.05, 0) is 24.7 Å². The van der Waals surface area contributed by atoms with Gasteiger partial charge < -0.3 is 10.2 Å². The van der Waals surface area contributed by atoms with Gasteiger partial charge in [-0.1, -0.05) is 13.8 Å². The summed E-state index contributed by atoms with van der Waals surface area (Å²) in [6, 6.07) is 0. The highest BCUT2D eigenvalue weighted by Gasteiger charge is 2.26. The number of nitrogens with zero attached hydrogens (tertiary/aromatic N) is 2. The van der Waals surface area contributed by atoms with Crippen LogP contribution < -0.4 is 5.32 Å². The molecule has 1 aliphatic heterocycles. The van der Waals surface area contributed by atoms with Crippen molar-refractivity contribution < 1.29 is 0 Å². The first-order valence-electron chi connectivity index (χ1n) is 6.78. The first-order valence-corrected chi connectivity index (χ1v) is 7.82. The second-order valence-electron chi connectivity index (χ2n) is 5.47. The fourth-order valence-electron chi connectivity index (χ4n) is 2.16. The molecular formula is C13H26IN3S. The first kappa shape index (κ1) is 16.4. The van der Waals surface area contributed by atoms with Crippen molar-refractivity contribution in [1.29, 1.82) is 0 Å². The van der Waals surface area contributed by atoms with E-state index in [1.807, 2.05) is 7.05 Å². The van der Waals surface area contributed by atoms with E-state index in [-0.39, 0.29) is 24.0 Å². The molecule has 1 heterocycles. The minimum Gasteiger partial charge on any atom is -0.356 e. The van der Waals surface area contributed by atoms with Crippen LogP contribution in [0, 0.1) is 11.8 Å². The van der Waals surface area contributed by atoms with Gasteiger partial charge in [-0.2, -0.15) is 11.8 Å². The Labute approximate surface area is 133 Å². The van der Waals surface area contributed by atoms with Gasteiger partial charge in [0.05, 0.1) is 0 Å². The van der Waals surface area contributed by atoms with Gasteiger partial charge in [0.15, 0.2) is 5.96 Å². The Hall–Kier alpha value is 0.350. The molecule has 1 saturated heterocycles. The van der Waals surface area contributed by atoms with E-state index in [0.29, 0.717) is 0 Å². The zero-order valence-corrected chi connectivity index (χ0v) is 14.8. The Bertz CT molecular complexity index is 279. The molecule has 0 bridgehead atoms. The third-order valence-electron chi connectivity index (χ3n) is 3.59. The summed E-state index contributed by atoms with van der Waals surface area (Å²) in [4.78, 5) is 6.86. The number of aliphatic imine (C=N–C) groups is 1. The second kappa shape index (κ2) is 7.82. The summed E-state index contributed by atoms with van der Waals surface area (Å²) in [5.41, 5.74) is 0. The number of hydrogen-bond donors (Lipinski definition) is 1. The van der Waals surface area contributed by atoms with Crippen molar-refractivity contribution in [3.63, 3.8) is 0 Å². The van der Waals surface area contributed by atoms with Gasteiger partial charge >= 0.3 is 0 Å². The fraction of sp³-hybridized carbons (Fsp3) is 0.923. The third kappa shape index (κ3) is 4.79. The maximum atomic E-state index is 4.43. The van der Waals surface area contributed by atoms with Crippen LogP contribution in [0.5, 0.6) is 0 Å². The smallest absolute Gasteiger partial charge is 0.193 e. The average molecular weight is 383 g/mol. The van der Waals surface area contributed by atoms with Crippen molar-refractivity contribution in [1.82, 2.24) is 10.2 Å². The number of hydrogen-bond acceptors (Lipinski definition) is 2.